The Labute approximate surface area is 175 Å². The molecule has 2 N–H and O–H groups in total. The molecule has 4 nitrogen and oxygen atoms in total. The summed E-state index contributed by atoms with van der Waals surface area (Å²) in [4.78, 5) is 19.4. The predicted molar refractivity (Wildman–Crippen MR) is 117 cm³/mol. The first kappa shape index (κ1) is 20.5. The van der Waals surface area contributed by atoms with Crippen LogP contribution in [0.4, 0.5) is 0 Å². The smallest absolute Gasteiger partial charge is 0.273 e. The second-order valence-corrected chi connectivity index (χ2v) is 8.11. The van der Waals surface area contributed by atoms with Gasteiger partial charge in [-0.25, -0.2) is 4.98 Å². The quantitative estimate of drug-likeness (QED) is 0.691. The summed E-state index contributed by atoms with van der Waals surface area (Å²) in [5.74, 6) is 0.142. The number of benzene rings is 2. The van der Waals surface area contributed by atoms with Crippen LogP contribution in [0.1, 0.15) is 33.1 Å². The van der Waals surface area contributed by atoms with Crippen molar-refractivity contribution in [3.8, 4) is 10.6 Å². The van der Waals surface area contributed by atoms with Gasteiger partial charge in [0.2, 0.25) is 0 Å². The average molecular weight is 414 g/mol. The Bertz CT molecular complexity index is 973. The van der Waals surface area contributed by atoms with E-state index in [1.54, 1.807) is 0 Å². The molecule has 1 saturated heterocycles. The van der Waals surface area contributed by atoms with E-state index in [2.05, 4.69) is 49.2 Å². The minimum Gasteiger partial charge on any atom is -0.335 e. The number of aromatic nitrogens is 1. The van der Waals surface area contributed by atoms with Gasteiger partial charge in [0.15, 0.2) is 0 Å². The molecule has 1 fully saturated rings. The second-order valence-electron chi connectivity index (χ2n) is 7.25. The molecule has 2 aromatic carbocycles. The van der Waals surface area contributed by atoms with Crippen LogP contribution in [0, 0.1) is 13.8 Å². The molecule has 28 heavy (non-hydrogen) atoms. The van der Waals surface area contributed by atoms with E-state index in [4.69, 9.17) is 5.73 Å². The van der Waals surface area contributed by atoms with Gasteiger partial charge in [-0.15, -0.1) is 23.7 Å². The Kier molecular flexibility index (Phi) is 6.18. The number of rotatable bonds is 3. The largest absolute Gasteiger partial charge is 0.335 e. The van der Waals surface area contributed by atoms with Crippen LogP contribution in [-0.2, 0) is 0 Å². The monoisotopic (exact) mass is 413 g/mol. The van der Waals surface area contributed by atoms with E-state index in [0.29, 0.717) is 18.8 Å². The summed E-state index contributed by atoms with van der Waals surface area (Å²) >= 11 is 1.52. The zero-order chi connectivity index (χ0) is 19.0. The molecule has 0 radical (unpaired) electrons. The molecule has 0 aliphatic carbocycles. The van der Waals surface area contributed by atoms with Crippen molar-refractivity contribution in [3.63, 3.8) is 0 Å². The maximum atomic E-state index is 13.0. The number of thiazole rings is 1. The van der Waals surface area contributed by atoms with Crippen molar-refractivity contribution in [2.45, 2.75) is 25.8 Å². The molecular formula is C22H24ClN3OS. The molecule has 1 amide bonds. The summed E-state index contributed by atoms with van der Waals surface area (Å²) in [6.07, 6.45) is 0. The maximum absolute atomic E-state index is 13.0. The van der Waals surface area contributed by atoms with Crippen molar-refractivity contribution in [1.82, 2.24) is 9.88 Å². The number of nitrogens with two attached hydrogens (primary N) is 1. The van der Waals surface area contributed by atoms with Crippen LogP contribution in [0.3, 0.4) is 0 Å². The highest BCUT2D eigenvalue weighted by Crippen LogP contribution is 2.30. The van der Waals surface area contributed by atoms with Gasteiger partial charge < -0.3 is 10.6 Å². The first-order valence-corrected chi connectivity index (χ1v) is 10.0. The minimum atomic E-state index is -0.0474. The topological polar surface area (TPSA) is 59.2 Å². The van der Waals surface area contributed by atoms with Crippen molar-refractivity contribution in [1.29, 1.82) is 0 Å². The fourth-order valence-electron chi connectivity index (χ4n) is 3.76. The lowest BCUT2D eigenvalue weighted by Gasteiger charge is -2.15. The van der Waals surface area contributed by atoms with Gasteiger partial charge in [0.05, 0.1) is 0 Å². The van der Waals surface area contributed by atoms with Gasteiger partial charge in [0.25, 0.3) is 5.91 Å². The third-order valence-electron chi connectivity index (χ3n) is 5.22. The SMILES string of the molecule is Cc1ccc(-c2nc(C(=O)N3C[C@@H](N)[C@H](c4ccccc4)C3)cs2)c(C)c1.Cl. The van der Waals surface area contributed by atoms with E-state index >= 15 is 0 Å². The molecule has 2 atom stereocenters. The third kappa shape index (κ3) is 3.97. The molecule has 0 unspecified atom stereocenters. The zero-order valence-electron chi connectivity index (χ0n) is 16.0. The molecule has 3 aromatic rings. The molecule has 1 aliphatic rings. The van der Waals surface area contributed by atoms with Crippen molar-refractivity contribution < 1.29 is 4.79 Å². The fourth-order valence-corrected chi connectivity index (χ4v) is 4.64. The van der Waals surface area contributed by atoms with Gasteiger partial charge in [0, 0.05) is 36.0 Å². The number of nitrogens with zero attached hydrogens (tertiary/aromatic N) is 2. The van der Waals surface area contributed by atoms with Gasteiger partial charge in [-0.05, 0) is 25.0 Å². The highest BCUT2D eigenvalue weighted by atomic mass is 35.5. The van der Waals surface area contributed by atoms with Crippen LogP contribution in [-0.4, -0.2) is 34.9 Å². The number of aryl methyl sites for hydroxylation is 2. The van der Waals surface area contributed by atoms with Crippen molar-refractivity contribution in [2.75, 3.05) is 13.1 Å². The normalized spacial score (nSPS) is 18.8. The lowest BCUT2D eigenvalue weighted by Crippen LogP contribution is -2.32. The van der Waals surface area contributed by atoms with Crippen molar-refractivity contribution >= 4 is 29.7 Å². The molecule has 0 bridgehead atoms. The lowest BCUT2D eigenvalue weighted by molar-refractivity contribution is 0.0784. The van der Waals surface area contributed by atoms with Crippen LogP contribution in [0.15, 0.2) is 53.9 Å². The highest BCUT2D eigenvalue weighted by molar-refractivity contribution is 7.13. The summed E-state index contributed by atoms with van der Waals surface area (Å²) in [6, 6.07) is 16.4. The van der Waals surface area contributed by atoms with E-state index in [0.717, 1.165) is 10.6 Å². The zero-order valence-corrected chi connectivity index (χ0v) is 17.6. The first-order chi connectivity index (χ1) is 13.0. The van der Waals surface area contributed by atoms with Crippen molar-refractivity contribution in [2.24, 2.45) is 5.73 Å². The molecular weight excluding hydrogens is 390 g/mol. The number of hydrogen-bond donors (Lipinski definition) is 1. The fraction of sp³-hybridized carbons (Fsp3) is 0.273. The highest BCUT2D eigenvalue weighted by Gasteiger charge is 2.35. The number of amides is 1. The summed E-state index contributed by atoms with van der Waals surface area (Å²) in [5, 5.41) is 2.75. The minimum absolute atomic E-state index is 0. The Morgan fingerprint density at radius 3 is 2.61 bits per heavy atom. The van der Waals surface area contributed by atoms with Crippen LogP contribution in [0.25, 0.3) is 10.6 Å². The van der Waals surface area contributed by atoms with Crippen molar-refractivity contribution in [3.05, 3.63) is 76.3 Å². The standard InChI is InChI=1S/C22H23N3OS.ClH/c1-14-8-9-17(15(2)10-14)21-24-20(13-27-21)22(26)25-11-18(19(23)12-25)16-6-4-3-5-7-16;/h3-10,13,18-19H,11-12,23H2,1-2H3;1H/t18-,19+;/m0./s1. The van der Waals surface area contributed by atoms with Crippen LogP contribution in [0.5, 0.6) is 0 Å². The molecule has 2 heterocycles. The number of halogens is 1. The van der Waals surface area contributed by atoms with E-state index < -0.39 is 0 Å². The Morgan fingerprint density at radius 2 is 1.89 bits per heavy atom. The first-order valence-electron chi connectivity index (χ1n) is 9.16. The van der Waals surface area contributed by atoms with Crippen LogP contribution >= 0.6 is 23.7 Å². The third-order valence-corrected chi connectivity index (χ3v) is 6.09. The summed E-state index contributed by atoms with van der Waals surface area (Å²) in [6.45, 7) is 5.36. The Morgan fingerprint density at radius 1 is 1.14 bits per heavy atom. The number of carbonyl (C=O) groups is 1. The number of hydrogen-bond acceptors (Lipinski definition) is 4. The number of likely N-dealkylation sites (tertiary alicyclic amines) is 1. The molecule has 0 saturated carbocycles. The van der Waals surface area contributed by atoms with Gasteiger partial charge in [-0.3, -0.25) is 4.79 Å². The Balaban J connectivity index is 0.00000225. The Hall–Kier alpha value is -2.21. The van der Waals surface area contributed by atoms with E-state index in [-0.39, 0.29) is 30.3 Å². The summed E-state index contributed by atoms with van der Waals surface area (Å²) < 4.78 is 0. The van der Waals surface area contributed by atoms with Gasteiger partial charge in [0.1, 0.15) is 10.7 Å². The summed E-state index contributed by atoms with van der Waals surface area (Å²) in [7, 11) is 0. The van der Waals surface area contributed by atoms with E-state index in [9.17, 15) is 4.79 Å². The average Bonchev–Trinajstić information content (AvgIpc) is 3.29. The molecule has 0 spiro atoms. The maximum Gasteiger partial charge on any atom is 0.273 e. The van der Waals surface area contributed by atoms with Gasteiger partial charge in [-0.1, -0.05) is 54.1 Å². The second kappa shape index (κ2) is 8.43. The lowest BCUT2D eigenvalue weighted by atomic mass is 9.95. The van der Waals surface area contributed by atoms with Gasteiger partial charge >= 0.3 is 0 Å². The van der Waals surface area contributed by atoms with Crippen LogP contribution < -0.4 is 5.73 Å². The molecule has 1 aromatic heterocycles. The van der Waals surface area contributed by atoms with Gasteiger partial charge in [-0.2, -0.15) is 0 Å². The number of carbonyl (C=O) groups excluding carboxylic acids is 1. The molecule has 6 heteroatoms. The molecule has 1 aliphatic heterocycles. The van der Waals surface area contributed by atoms with E-state index in [1.165, 1.54) is 28.0 Å². The van der Waals surface area contributed by atoms with E-state index in [1.807, 2.05) is 28.5 Å². The molecule has 146 valence electrons. The molecule has 4 rings (SSSR count). The van der Waals surface area contributed by atoms with Crippen LogP contribution in [0.2, 0.25) is 0 Å². The predicted octanol–water partition coefficient (Wildman–Crippen LogP) is 4.42. The summed E-state index contributed by atoms with van der Waals surface area (Å²) in [5.41, 5.74) is 11.5.